The van der Waals surface area contributed by atoms with Gasteiger partial charge in [0, 0.05) is 11.1 Å². The molecular weight excluding hydrogens is 521 g/mol. The van der Waals surface area contributed by atoms with Crippen molar-refractivity contribution >= 4 is 67.5 Å². The van der Waals surface area contributed by atoms with E-state index in [9.17, 15) is 37.1 Å². The summed E-state index contributed by atoms with van der Waals surface area (Å²) in [6.07, 6.45) is 0. The molecule has 1 fully saturated rings. The highest BCUT2D eigenvalue weighted by atomic mass is 32.2. The lowest BCUT2D eigenvalue weighted by molar-refractivity contribution is -0.150. The quantitative estimate of drug-likeness (QED) is 0.154. The van der Waals surface area contributed by atoms with Gasteiger partial charge in [-0.2, -0.15) is 0 Å². The average molecular weight is 538 g/mol. The molecule has 2 amide bonds. The van der Waals surface area contributed by atoms with E-state index in [1.54, 1.807) is 0 Å². The lowest BCUT2D eigenvalue weighted by Gasteiger charge is -2.49. The summed E-state index contributed by atoms with van der Waals surface area (Å²) in [5.41, 5.74) is 4.31. The smallest absolute Gasteiger partial charge is 0.352 e. The number of carbonyl (C=O) groups is 4. The maximum Gasteiger partial charge on any atom is 0.352 e. The number of amides is 2. The van der Waals surface area contributed by atoms with E-state index in [1.807, 2.05) is 0 Å². The first-order valence-corrected chi connectivity index (χ1v) is 12.8. The Balaban J connectivity index is 1.81. The van der Waals surface area contributed by atoms with E-state index in [-0.39, 0.29) is 22.2 Å². The molecule has 18 heteroatoms. The fraction of sp³-hybridized carbons (Fsp3) is 0.375. The Labute approximate surface area is 198 Å². The Kier molecular flexibility index (Phi) is 7.41. The number of rotatable bonds is 10. The van der Waals surface area contributed by atoms with Gasteiger partial charge in [-0.05, 0) is 5.57 Å². The molecule has 14 nitrogen and oxygen atoms in total. The third-order valence-electron chi connectivity index (χ3n) is 4.42. The number of alkyl halides is 1. The normalized spacial score (nSPS) is 20.4. The number of β-lactam (4-membered cyclic amide) rings is 1. The number of nitrogens with zero attached hydrogens (tertiary/aromatic N) is 3. The number of nitrogens with two attached hydrogens (primary N) is 1. The zero-order valence-electron chi connectivity index (χ0n) is 16.8. The second kappa shape index (κ2) is 9.94. The predicted molar refractivity (Wildman–Crippen MR) is 116 cm³/mol. The summed E-state index contributed by atoms with van der Waals surface area (Å²) in [5, 5.41) is 24.6. The molecule has 2 aliphatic heterocycles. The lowest BCUT2D eigenvalue weighted by Crippen LogP contribution is -2.71. The second-order valence-electron chi connectivity index (χ2n) is 6.79. The minimum absolute atomic E-state index is 0.0462. The van der Waals surface area contributed by atoms with Crippen molar-refractivity contribution in [2.24, 2.45) is 5.16 Å². The number of thiazole rings is 1. The molecule has 1 saturated heterocycles. The Morgan fingerprint density at radius 1 is 1.38 bits per heavy atom. The van der Waals surface area contributed by atoms with E-state index in [4.69, 9.17) is 10.8 Å². The van der Waals surface area contributed by atoms with Crippen molar-refractivity contribution in [2.75, 3.05) is 29.9 Å². The van der Waals surface area contributed by atoms with Crippen LogP contribution in [0.1, 0.15) is 5.69 Å². The topological polar surface area (TPSA) is 219 Å². The number of hydrogen-bond donors (Lipinski definition) is 4. The second-order valence-corrected chi connectivity index (χ2v) is 10.8. The minimum atomic E-state index is -4.20. The fourth-order valence-electron chi connectivity index (χ4n) is 3.06. The number of hydrogen-bond acceptors (Lipinski definition) is 12. The highest BCUT2D eigenvalue weighted by Crippen LogP contribution is 2.40. The highest BCUT2D eigenvalue weighted by molar-refractivity contribution is 8.00. The number of anilines is 1. The van der Waals surface area contributed by atoms with Crippen molar-refractivity contribution in [3.8, 4) is 0 Å². The van der Waals surface area contributed by atoms with E-state index in [1.165, 1.54) is 5.38 Å². The number of fused-ring (bicyclic) bond motifs is 1. The lowest BCUT2D eigenvalue weighted by atomic mass is 10.0. The largest absolute Gasteiger partial charge is 0.479 e. The van der Waals surface area contributed by atoms with Gasteiger partial charge in [-0.15, -0.1) is 23.1 Å². The van der Waals surface area contributed by atoms with Gasteiger partial charge in [0.1, 0.15) is 22.8 Å². The molecule has 184 valence electrons. The molecule has 0 aromatic carbocycles. The van der Waals surface area contributed by atoms with Gasteiger partial charge in [0.05, 0.1) is 5.75 Å². The first kappa shape index (κ1) is 25.4. The number of oxime groups is 1. The monoisotopic (exact) mass is 537 g/mol. The maximum atomic E-state index is 12.8. The molecule has 0 radical (unpaired) electrons. The van der Waals surface area contributed by atoms with E-state index in [0.29, 0.717) is 0 Å². The molecular formula is C16H16FN5O9S3. The van der Waals surface area contributed by atoms with Gasteiger partial charge in [0.25, 0.3) is 11.8 Å². The molecule has 3 heterocycles. The number of nitrogens with one attached hydrogen (secondary N) is 1. The maximum absolute atomic E-state index is 12.8. The Morgan fingerprint density at radius 2 is 2.09 bits per heavy atom. The van der Waals surface area contributed by atoms with Crippen molar-refractivity contribution in [3.63, 3.8) is 0 Å². The number of halogens is 1. The van der Waals surface area contributed by atoms with Crippen LogP contribution in [0.5, 0.6) is 0 Å². The Hall–Kier alpha value is -3.25. The molecule has 0 bridgehead atoms. The van der Waals surface area contributed by atoms with Crippen LogP contribution in [0.4, 0.5) is 9.52 Å². The van der Waals surface area contributed by atoms with E-state index in [0.717, 1.165) is 28.0 Å². The van der Waals surface area contributed by atoms with Gasteiger partial charge in [0.2, 0.25) is 6.61 Å². The SMILES string of the molecule is Nc1nc(/C(=N/OCC(=O)O)C(=O)NC2C(=O)N3C(C(=O)O)=C(CS(=O)(=O)CF)CS[C@H]23)cs1. The predicted octanol–water partition coefficient (Wildman–Crippen LogP) is -1.39. The van der Waals surface area contributed by atoms with Crippen LogP contribution < -0.4 is 11.1 Å². The number of aromatic nitrogens is 1. The number of carboxylic acid groups (broad SMARTS) is 2. The molecule has 34 heavy (non-hydrogen) atoms. The van der Waals surface area contributed by atoms with E-state index >= 15 is 0 Å². The minimum Gasteiger partial charge on any atom is -0.479 e. The van der Waals surface area contributed by atoms with Gasteiger partial charge < -0.3 is 26.1 Å². The summed E-state index contributed by atoms with van der Waals surface area (Å²) >= 11 is 1.95. The number of nitrogen functional groups attached to an aromatic ring is 1. The number of aliphatic carboxylic acids is 2. The number of thioether (sulfide) groups is 1. The van der Waals surface area contributed by atoms with Crippen LogP contribution >= 0.6 is 23.1 Å². The van der Waals surface area contributed by atoms with E-state index < -0.39 is 74.8 Å². The van der Waals surface area contributed by atoms with E-state index in [2.05, 4.69) is 20.3 Å². The molecule has 2 aliphatic rings. The van der Waals surface area contributed by atoms with Crippen LogP contribution in [0, 0.1) is 0 Å². The van der Waals surface area contributed by atoms with Crippen molar-refractivity contribution in [1.29, 1.82) is 0 Å². The van der Waals surface area contributed by atoms with Crippen LogP contribution in [0.3, 0.4) is 0 Å². The summed E-state index contributed by atoms with van der Waals surface area (Å²) < 4.78 is 36.0. The zero-order chi connectivity index (χ0) is 25.2. The molecule has 0 spiro atoms. The zero-order valence-corrected chi connectivity index (χ0v) is 19.3. The molecule has 5 N–H and O–H groups in total. The molecule has 3 rings (SSSR count). The average Bonchev–Trinajstić information content (AvgIpc) is 3.19. The summed E-state index contributed by atoms with van der Waals surface area (Å²) in [7, 11) is -4.20. The van der Waals surface area contributed by atoms with Crippen molar-refractivity contribution in [3.05, 3.63) is 22.3 Å². The first-order chi connectivity index (χ1) is 15.9. The van der Waals surface area contributed by atoms with Gasteiger partial charge in [0.15, 0.2) is 26.7 Å². The van der Waals surface area contributed by atoms with Crippen molar-refractivity contribution < 1.29 is 47.0 Å². The van der Waals surface area contributed by atoms with Crippen LogP contribution in [-0.2, 0) is 33.9 Å². The summed E-state index contributed by atoms with van der Waals surface area (Å²) in [6.45, 7) is -0.859. The Morgan fingerprint density at radius 3 is 2.65 bits per heavy atom. The molecule has 1 aromatic heterocycles. The summed E-state index contributed by atoms with van der Waals surface area (Å²) in [5.74, 6) is -5.75. The van der Waals surface area contributed by atoms with Crippen LogP contribution in [0.25, 0.3) is 0 Å². The highest BCUT2D eigenvalue weighted by Gasteiger charge is 2.54. The van der Waals surface area contributed by atoms with Gasteiger partial charge in [-0.1, -0.05) is 5.16 Å². The molecule has 2 atom stereocenters. The summed E-state index contributed by atoms with van der Waals surface area (Å²) in [6, 6.07) is -2.90. The van der Waals surface area contributed by atoms with Crippen molar-refractivity contribution in [2.45, 2.75) is 11.4 Å². The van der Waals surface area contributed by atoms with Crippen LogP contribution in [0.2, 0.25) is 0 Å². The number of carboxylic acids is 2. The number of carbonyl (C=O) groups excluding carboxylic acids is 2. The molecule has 1 unspecified atom stereocenters. The Bertz CT molecular complexity index is 1210. The first-order valence-electron chi connectivity index (χ1n) is 9.05. The van der Waals surface area contributed by atoms with Gasteiger partial charge in [-0.3, -0.25) is 14.5 Å². The van der Waals surface area contributed by atoms with Gasteiger partial charge >= 0.3 is 11.9 Å². The molecule has 1 aromatic rings. The fourth-order valence-corrected chi connectivity index (χ4v) is 5.93. The standard InChI is InChI=1S/C16H16FN5O9S3/c17-5-34(29,30)4-6-2-32-14-10(13(26)22(14)11(6)15(27)28)20-12(25)9(21-31-1-8(23)24)7-3-33-16(18)19-7/h3,10,14H,1-2,4-5H2,(H2,18,19)(H,20,25)(H,23,24)(H,27,28)/b21-9-/t10?,14-/m1/s1. The molecule has 0 aliphatic carbocycles. The number of sulfone groups is 1. The molecule has 0 saturated carbocycles. The third kappa shape index (κ3) is 5.28. The van der Waals surface area contributed by atoms with Crippen LogP contribution in [0.15, 0.2) is 21.8 Å². The summed E-state index contributed by atoms with van der Waals surface area (Å²) in [4.78, 5) is 57.2. The van der Waals surface area contributed by atoms with Gasteiger partial charge in [-0.25, -0.2) is 27.4 Å². The van der Waals surface area contributed by atoms with Crippen LogP contribution in [-0.4, -0.2) is 93.5 Å². The van der Waals surface area contributed by atoms with Crippen molar-refractivity contribution in [1.82, 2.24) is 15.2 Å². The third-order valence-corrected chi connectivity index (χ3v) is 7.55.